The highest BCUT2D eigenvalue weighted by Crippen LogP contribution is 2.26. The van der Waals surface area contributed by atoms with Gasteiger partial charge in [0.1, 0.15) is 0 Å². The van der Waals surface area contributed by atoms with Crippen molar-refractivity contribution in [1.82, 2.24) is 4.90 Å². The third-order valence-corrected chi connectivity index (χ3v) is 2.43. The molecule has 2 amide bonds. The number of imide groups is 1. The number of amides is 2. The lowest BCUT2D eigenvalue weighted by Gasteiger charge is -2.19. The van der Waals surface area contributed by atoms with Crippen LogP contribution in [-0.4, -0.2) is 28.4 Å². The second-order valence-electron chi connectivity index (χ2n) is 3.81. The maximum absolute atomic E-state index is 13.2. The molecule has 1 unspecified atom stereocenters. The van der Waals surface area contributed by atoms with Crippen LogP contribution in [0, 0.1) is 0 Å². The van der Waals surface area contributed by atoms with Crippen molar-refractivity contribution in [3.63, 3.8) is 0 Å². The summed E-state index contributed by atoms with van der Waals surface area (Å²) in [6.07, 6.45) is 0. The van der Waals surface area contributed by atoms with Gasteiger partial charge < -0.3 is 0 Å². The van der Waals surface area contributed by atoms with Crippen LogP contribution in [-0.2, 0) is 0 Å². The second kappa shape index (κ2) is 3.56. The van der Waals surface area contributed by atoms with Crippen molar-refractivity contribution in [3.05, 3.63) is 35.4 Å². The molecular formula is C11H9ClFNO2. The van der Waals surface area contributed by atoms with Crippen molar-refractivity contribution in [2.45, 2.75) is 12.1 Å². The molecule has 16 heavy (non-hydrogen) atoms. The summed E-state index contributed by atoms with van der Waals surface area (Å²) in [5.74, 6) is -0.991. The van der Waals surface area contributed by atoms with E-state index in [0.717, 1.165) is 11.8 Å². The van der Waals surface area contributed by atoms with Crippen molar-refractivity contribution in [1.29, 1.82) is 0 Å². The summed E-state index contributed by atoms with van der Waals surface area (Å²) in [6.45, 7) is 0.666. The molecule has 0 saturated carbocycles. The number of nitrogens with zero attached hydrogens (tertiary/aromatic N) is 1. The summed E-state index contributed by atoms with van der Waals surface area (Å²) < 4.78 is 13.2. The fourth-order valence-electron chi connectivity index (χ4n) is 1.66. The normalized spacial score (nSPS) is 18.6. The zero-order valence-corrected chi connectivity index (χ0v) is 9.29. The molecular weight excluding hydrogens is 233 g/mol. The van der Waals surface area contributed by atoms with Gasteiger partial charge in [-0.3, -0.25) is 14.5 Å². The number of carbonyl (C=O) groups is 2. The predicted octanol–water partition coefficient (Wildman–Crippen LogP) is 2.21. The average molecular weight is 242 g/mol. The van der Waals surface area contributed by atoms with E-state index in [2.05, 4.69) is 0 Å². The third kappa shape index (κ3) is 1.80. The summed E-state index contributed by atoms with van der Waals surface area (Å²) in [4.78, 5) is 24.4. The van der Waals surface area contributed by atoms with Crippen LogP contribution < -0.4 is 0 Å². The number of rotatable bonds is 2. The number of hydrogen-bond acceptors (Lipinski definition) is 2. The number of halogens is 2. The topological polar surface area (TPSA) is 37.4 Å². The fraction of sp³-hybridized carbons (Fsp3) is 0.273. The van der Waals surface area contributed by atoms with Gasteiger partial charge in [0.15, 0.2) is 5.13 Å². The zero-order valence-electron chi connectivity index (χ0n) is 8.54. The van der Waals surface area contributed by atoms with Crippen LogP contribution in [0.1, 0.15) is 27.6 Å². The molecule has 0 aromatic heterocycles. The Morgan fingerprint density at radius 2 is 1.69 bits per heavy atom. The molecule has 84 valence electrons. The predicted molar refractivity (Wildman–Crippen MR) is 57.2 cm³/mol. The van der Waals surface area contributed by atoms with Crippen LogP contribution in [0.3, 0.4) is 0 Å². The Bertz CT molecular complexity index is 432. The zero-order chi connectivity index (χ0) is 11.9. The molecule has 5 heteroatoms. The van der Waals surface area contributed by atoms with Crippen LogP contribution in [0.25, 0.3) is 0 Å². The SMILES string of the molecule is CC(F)(Cl)CN1C(=O)c2ccccc2C1=O. The van der Waals surface area contributed by atoms with Gasteiger partial charge in [0, 0.05) is 0 Å². The number of benzene rings is 1. The molecule has 1 aromatic rings. The van der Waals surface area contributed by atoms with E-state index in [1.807, 2.05) is 0 Å². The van der Waals surface area contributed by atoms with Crippen LogP contribution in [0.2, 0.25) is 0 Å². The van der Waals surface area contributed by atoms with Gasteiger partial charge >= 0.3 is 0 Å². The van der Waals surface area contributed by atoms with Crippen molar-refractivity contribution >= 4 is 23.4 Å². The van der Waals surface area contributed by atoms with E-state index in [9.17, 15) is 14.0 Å². The highest BCUT2D eigenvalue weighted by Gasteiger charge is 2.39. The quantitative estimate of drug-likeness (QED) is 0.588. The second-order valence-corrected chi connectivity index (χ2v) is 4.60. The highest BCUT2D eigenvalue weighted by atomic mass is 35.5. The van der Waals surface area contributed by atoms with E-state index in [4.69, 9.17) is 11.6 Å². The summed E-state index contributed by atoms with van der Waals surface area (Å²) in [7, 11) is 0. The van der Waals surface area contributed by atoms with E-state index < -0.39 is 23.5 Å². The first-order chi connectivity index (χ1) is 7.40. The van der Waals surface area contributed by atoms with Gasteiger partial charge in [0.2, 0.25) is 0 Å². The van der Waals surface area contributed by atoms with E-state index in [-0.39, 0.29) is 0 Å². The Kier molecular flexibility index (Phi) is 2.46. The number of fused-ring (bicyclic) bond motifs is 1. The van der Waals surface area contributed by atoms with E-state index in [0.29, 0.717) is 11.1 Å². The summed E-state index contributed by atoms with van der Waals surface area (Å²) in [5.41, 5.74) is 0.599. The lowest BCUT2D eigenvalue weighted by Crippen LogP contribution is -2.38. The van der Waals surface area contributed by atoms with Crippen molar-refractivity contribution in [3.8, 4) is 0 Å². The Morgan fingerprint density at radius 3 is 2.06 bits per heavy atom. The van der Waals surface area contributed by atoms with Crippen molar-refractivity contribution in [2.24, 2.45) is 0 Å². The van der Waals surface area contributed by atoms with Gasteiger partial charge in [-0.05, 0) is 19.1 Å². The molecule has 0 aliphatic carbocycles. The Balaban J connectivity index is 2.36. The van der Waals surface area contributed by atoms with Crippen molar-refractivity contribution < 1.29 is 14.0 Å². The first kappa shape index (κ1) is 11.1. The minimum Gasteiger partial charge on any atom is -0.270 e. The van der Waals surface area contributed by atoms with Gasteiger partial charge in [-0.1, -0.05) is 23.7 Å². The van der Waals surface area contributed by atoms with E-state index >= 15 is 0 Å². The highest BCUT2D eigenvalue weighted by molar-refractivity contribution is 6.25. The Hall–Kier alpha value is -1.42. The summed E-state index contributed by atoms with van der Waals surface area (Å²) in [5, 5.41) is -2.10. The fourth-order valence-corrected chi connectivity index (χ4v) is 1.78. The smallest absolute Gasteiger partial charge is 0.261 e. The van der Waals surface area contributed by atoms with Crippen molar-refractivity contribution in [2.75, 3.05) is 6.54 Å². The van der Waals surface area contributed by atoms with E-state index in [1.54, 1.807) is 24.3 Å². The maximum atomic E-state index is 13.2. The first-order valence-corrected chi connectivity index (χ1v) is 5.11. The molecule has 0 saturated heterocycles. The molecule has 0 bridgehead atoms. The van der Waals surface area contributed by atoms with Gasteiger partial charge in [0.25, 0.3) is 11.8 Å². The molecule has 1 aromatic carbocycles. The number of alkyl halides is 2. The minimum atomic E-state index is -2.10. The first-order valence-electron chi connectivity index (χ1n) is 4.73. The monoisotopic (exact) mass is 241 g/mol. The Morgan fingerprint density at radius 1 is 1.25 bits per heavy atom. The lowest BCUT2D eigenvalue weighted by molar-refractivity contribution is 0.0598. The molecule has 0 N–H and O–H groups in total. The molecule has 1 aliphatic rings. The number of hydrogen-bond donors (Lipinski definition) is 0. The Labute approximate surface area is 96.8 Å². The van der Waals surface area contributed by atoms with E-state index in [1.165, 1.54) is 0 Å². The van der Waals surface area contributed by atoms with Gasteiger partial charge in [-0.15, -0.1) is 0 Å². The van der Waals surface area contributed by atoms with Crippen LogP contribution in [0.15, 0.2) is 24.3 Å². The molecule has 0 radical (unpaired) electrons. The van der Waals surface area contributed by atoms with Gasteiger partial charge in [-0.2, -0.15) is 0 Å². The third-order valence-electron chi connectivity index (χ3n) is 2.31. The van der Waals surface area contributed by atoms with Gasteiger partial charge in [-0.25, -0.2) is 4.39 Å². The number of carbonyl (C=O) groups excluding carboxylic acids is 2. The van der Waals surface area contributed by atoms with Crippen LogP contribution >= 0.6 is 11.6 Å². The van der Waals surface area contributed by atoms with Crippen LogP contribution in [0.5, 0.6) is 0 Å². The molecule has 0 spiro atoms. The molecule has 0 fully saturated rings. The standard InChI is InChI=1S/C11H9ClFNO2/c1-11(12,13)6-14-9(15)7-4-2-3-5-8(7)10(14)16/h2-5H,6H2,1H3. The lowest BCUT2D eigenvalue weighted by atomic mass is 10.1. The molecule has 1 aliphatic heterocycles. The van der Waals surface area contributed by atoms with Gasteiger partial charge in [0.05, 0.1) is 17.7 Å². The molecule has 3 nitrogen and oxygen atoms in total. The summed E-state index contributed by atoms with van der Waals surface area (Å²) in [6, 6.07) is 6.39. The van der Waals surface area contributed by atoms with Crippen LogP contribution in [0.4, 0.5) is 4.39 Å². The maximum Gasteiger partial charge on any atom is 0.261 e. The molecule has 1 heterocycles. The minimum absolute atomic E-state index is 0.299. The largest absolute Gasteiger partial charge is 0.270 e. The molecule has 2 rings (SSSR count). The summed E-state index contributed by atoms with van der Waals surface area (Å²) >= 11 is 5.37. The molecule has 1 atom stereocenters. The average Bonchev–Trinajstić information content (AvgIpc) is 2.43.